The number of hydrogen-bond acceptors (Lipinski definition) is 6. The van der Waals surface area contributed by atoms with Gasteiger partial charge in [-0.25, -0.2) is 13.1 Å². The van der Waals surface area contributed by atoms with Gasteiger partial charge >= 0.3 is 0 Å². The summed E-state index contributed by atoms with van der Waals surface area (Å²) >= 11 is 0. The Balaban J connectivity index is 1.70. The van der Waals surface area contributed by atoms with Crippen LogP contribution in [0.25, 0.3) is 16.9 Å². The molecule has 0 saturated heterocycles. The summed E-state index contributed by atoms with van der Waals surface area (Å²) in [6.07, 6.45) is 1.50. The Kier molecular flexibility index (Phi) is 4.25. The smallest absolute Gasteiger partial charge is 0.241 e. The van der Waals surface area contributed by atoms with Gasteiger partial charge in [0.25, 0.3) is 0 Å². The molecule has 8 nitrogen and oxygen atoms in total. The Labute approximate surface area is 155 Å². The maximum absolute atomic E-state index is 12.8. The zero-order valence-electron chi connectivity index (χ0n) is 14.7. The number of benzene rings is 1. The number of hydrogen-bond donors (Lipinski definition) is 1. The second-order valence-electron chi connectivity index (χ2n) is 6.12. The molecule has 0 fully saturated rings. The zero-order chi connectivity index (χ0) is 19.0. The molecule has 0 aliphatic rings. The van der Waals surface area contributed by atoms with Gasteiger partial charge < -0.3 is 4.42 Å². The minimum absolute atomic E-state index is 0.0864. The Morgan fingerprint density at radius 3 is 2.74 bits per heavy atom. The highest BCUT2D eigenvalue weighted by Gasteiger charge is 2.18. The van der Waals surface area contributed by atoms with Crippen LogP contribution in [-0.4, -0.2) is 28.2 Å². The van der Waals surface area contributed by atoms with Crippen LogP contribution in [-0.2, 0) is 16.6 Å². The first-order valence-corrected chi connectivity index (χ1v) is 9.74. The fourth-order valence-electron chi connectivity index (χ4n) is 2.76. The normalized spacial score (nSPS) is 11.9. The fraction of sp³-hybridized carbons (Fsp3) is 0.167. The minimum atomic E-state index is -3.71. The molecule has 0 aliphatic carbocycles. The molecule has 4 rings (SSSR count). The van der Waals surface area contributed by atoms with Crippen LogP contribution in [0.2, 0.25) is 0 Å². The average molecular weight is 383 g/mol. The summed E-state index contributed by atoms with van der Waals surface area (Å²) < 4.78 is 34.9. The number of sulfonamides is 1. The predicted octanol–water partition coefficient (Wildman–Crippen LogP) is 2.48. The standard InChI is InChI=1S/C18H17N5O3S/c1-12-5-6-14(16-7-8-18-21-20-13(2)23(18)22-16)10-17(12)27(24,25)19-11-15-4-3-9-26-15/h3-10,19H,11H2,1-2H3. The fourth-order valence-corrected chi connectivity index (χ4v) is 4.02. The van der Waals surface area contributed by atoms with Crippen LogP contribution < -0.4 is 4.72 Å². The summed E-state index contributed by atoms with van der Waals surface area (Å²) in [4.78, 5) is 0.203. The van der Waals surface area contributed by atoms with Crippen molar-refractivity contribution >= 4 is 15.7 Å². The van der Waals surface area contributed by atoms with Gasteiger partial charge in [0.05, 0.1) is 23.4 Å². The highest BCUT2D eigenvalue weighted by molar-refractivity contribution is 7.89. The molecule has 3 heterocycles. The number of rotatable bonds is 5. The van der Waals surface area contributed by atoms with Gasteiger partial charge in [0.1, 0.15) is 5.76 Å². The number of furan rings is 1. The first-order chi connectivity index (χ1) is 12.9. The molecule has 4 aromatic rings. The number of aromatic nitrogens is 4. The molecule has 0 spiro atoms. The second kappa shape index (κ2) is 6.60. The van der Waals surface area contributed by atoms with E-state index in [1.165, 1.54) is 6.26 Å². The molecule has 0 saturated carbocycles. The van der Waals surface area contributed by atoms with Gasteiger partial charge in [-0.3, -0.25) is 0 Å². The van der Waals surface area contributed by atoms with E-state index in [1.807, 2.05) is 6.07 Å². The van der Waals surface area contributed by atoms with Gasteiger partial charge in [-0.1, -0.05) is 12.1 Å². The van der Waals surface area contributed by atoms with Crippen LogP contribution >= 0.6 is 0 Å². The monoisotopic (exact) mass is 383 g/mol. The lowest BCUT2D eigenvalue weighted by molar-refractivity contribution is 0.498. The summed E-state index contributed by atoms with van der Waals surface area (Å²) in [5.41, 5.74) is 2.60. The van der Waals surface area contributed by atoms with E-state index in [1.54, 1.807) is 54.8 Å². The van der Waals surface area contributed by atoms with Gasteiger partial charge in [-0.05, 0) is 49.7 Å². The highest BCUT2D eigenvalue weighted by atomic mass is 32.2. The third-order valence-corrected chi connectivity index (χ3v) is 5.75. The Hall–Kier alpha value is -3.04. The van der Waals surface area contributed by atoms with E-state index in [4.69, 9.17) is 4.42 Å². The van der Waals surface area contributed by atoms with E-state index in [9.17, 15) is 8.42 Å². The number of nitrogens with zero attached hydrogens (tertiary/aromatic N) is 4. The van der Waals surface area contributed by atoms with Crippen LogP contribution in [0.5, 0.6) is 0 Å². The van der Waals surface area contributed by atoms with Crippen molar-refractivity contribution in [3.05, 3.63) is 65.9 Å². The van der Waals surface area contributed by atoms with Crippen LogP contribution in [0.4, 0.5) is 0 Å². The Morgan fingerprint density at radius 1 is 1.11 bits per heavy atom. The number of aryl methyl sites for hydroxylation is 2. The van der Waals surface area contributed by atoms with Crippen LogP contribution in [0.3, 0.4) is 0 Å². The van der Waals surface area contributed by atoms with Crippen LogP contribution in [0, 0.1) is 13.8 Å². The van der Waals surface area contributed by atoms with E-state index in [-0.39, 0.29) is 11.4 Å². The van der Waals surface area contributed by atoms with E-state index in [0.717, 1.165) is 0 Å². The summed E-state index contributed by atoms with van der Waals surface area (Å²) in [5.74, 6) is 1.20. The van der Waals surface area contributed by atoms with Gasteiger partial charge in [0, 0.05) is 5.56 Å². The van der Waals surface area contributed by atoms with E-state index < -0.39 is 10.0 Å². The first kappa shape index (κ1) is 17.4. The zero-order valence-corrected chi connectivity index (χ0v) is 15.6. The Bertz CT molecular complexity index is 1210. The van der Waals surface area contributed by atoms with Crippen molar-refractivity contribution in [3.8, 4) is 11.3 Å². The molecule has 0 aliphatic heterocycles. The molecule has 9 heteroatoms. The van der Waals surface area contributed by atoms with Crippen molar-refractivity contribution in [2.75, 3.05) is 0 Å². The van der Waals surface area contributed by atoms with Crippen molar-refractivity contribution < 1.29 is 12.8 Å². The predicted molar refractivity (Wildman–Crippen MR) is 98.4 cm³/mol. The Morgan fingerprint density at radius 2 is 1.96 bits per heavy atom. The molecule has 0 atom stereocenters. The molecule has 0 radical (unpaired) electrons. The third-order valence-electron chi connectivity index (χ3n) is 4.21. The summed E-state index contributed by atoms with van der Waals surface area (Å²) in [5, 5.41) is 12.5. The molecule has 1 N–H and O–H groups in total. The van der Waals surface area contributed by atoms with Gasteiger partial charge in [-0.15, -0.1) is 10.2 Å². The maximum atomic E-state index is 12.8. The number of fused-ring (bicyclic) bond motifs is 1. The van der Waals surface area contributed by atoms with E-state index >= 15 is 0 Å². The third kappa shape index (κ3) is 3.34. The molecule has 0 bridgehead atoms. The summed E-state index contributed by atoms with van der Waals surface area (Å²) in [6.45, 7) is 3.65. The van der Waals surface area contributed by atoms with E-state index in [2.05, 4.69) is 20.0 Å². The molecular weight excluding hydrogens is 366 g/mol. The van der Waals surface area contributed by atoms with Crippen molar-refractivity contribution in [1.82, 2.24) is 24.5 Å². The quantitative estimate of drug-likeness (QED) is 0.568. The first-order valence-electron chi connectivity index (χ1n) is 8.26. The van der Waals surface area contributed by atoms with E-state index in [0.29, 0.717) is 34.1 Å². The van der Waals surface area contributed by atoms with Gasteiger partial charge in [-0.2, -0.15) is 9.61 Å². The lowest BCUT2D eigenvalue weighted by atomic mass is 10.1. The SMILES string of the molecule is Cc1ccc(-c2ccc3nnc(C)n3n2)cc1S(=O)(=O)NCc1ccco1. The van der Waals surface area contributed by atoms with Crippen molar-refractivity contribution in [2.24, 2.45) is 0 Å². The second-order valence-corrected chi connectivity index (χ2v) is 7.86. The topological polar surface area (TPSA) is 102 Å². The highest BCUT2D eigenvalue weighted by Crippen LogP contribution is 2.24. The molecule has 3 aromatic heterocycles. The molecular formula is C18H17N5O3S. The number of nitrogens with one attached hydrogen (secondary N) is 1. The molecule has 138 valence electrons. The maximum Gasteiger partial charge on any atom is 0.241 e. The summed E-state index contributed by atoms with van der Waals surface area (Å²) in [7, 11) is -3.71. The lowest BCUT2D eigenvalue weighted by Gasteiger charge is -2.11. The van der Waals surface area contributed by atoms with Gasteiger partial charge in [0.15, 0.2) is 11.5 Å². The molecule has 0 amide bonds. The van der Waals surface area contributed by atoms with Crippen molar-refractivity contribution in [3.63, 3.8) is 0 Å². The van der Waals surface area contributed by atoms with Crippen LogP contribution in [0.15, 0.2) is 58.0 Å². The molecule has 0 unspecified atom stereocenters. The summed E-state index contributed by atoms with van der Waals surface area (Å²) in [6, 6.07) is 12.2. The van der Waals surface area contributed by atoms with Crippen LogP contribution in [0.1, 0.15) is 17.1 Å². The molecule has 27 heavy (non-hydrogen) atoms. The van der Waals surface area contributed by atoms with Gasteiger partial charge in [0.2, 0.25) is 10.0 Å². The average Bonchev–Trinajstić information content (AvgIpc) is 3.30. The lowest BCUT2D eigenvalue weighted by Crippen LogP contribution is -2.23. The largest absolute Gasteiger partial charge is 0.468 e. The molecule has 1 aromatic carbocycles. The van der Waals surface area contributed by atoms with Crippen molar-refractivity contribution in [1.29, 1.82) is 0 Å². The minimum Gasteiger partial charge on any atom is -0.468 e. The van der Waals surface area contributed by atoms with Crippen molar-refractivity contribution in [2.45, 2.75) is 25.3 Å².